The van der Waals surface area contributed by atoms with Gasteiger partial charge in [-0.25, -0.2) is 0 Å². The minimum atomic E-state index is -4.54. The van der Waals surface area contributed by atoms with Crippen LogP contribution in [0.4, 0.5) is 3.89 Å². The van der Waals surface area contributed by atoms with Crippen molar-refractivity contribution in [1.29, 1.82) is 0 Å². The zero-order valence-corrected chi connectivity index (χ0v) is 10.1. The lowest BCUT2D eigenvalue weighted by Gasteiger charge is -2.30. The van der Waals surface area contributed by atoms with Crippen molar-refractivity contribution in [2.45, 2.75) is 25.8 Å². The predicted molar refractivity (Wildman–Crippen MR) is 57.6 cm³/mol. The van der Waals surface area contributed by atoms with Crippen LogP contribution in [-0.2, 0) is 15.0 Å². The Morgan fingerprint density at radius 3 is 2.62 bits per heavy atom. The summed E-state index contributed by atoms with van der Waals surface area (Å²) in [4.78, 5) is 13.0. The maximum absolute atomic E-state index is 12.5. The molecule has 1 rings (SSSR count). The first-order valence-corrected chi connectivity index (χ1v) is 6.41. The number of terminal acetylenes is 1. The van der Waals surface area contributed by atoms with Crippen molar-refractivity contribution in [2.75, 3.05) is 12.3 Å². The molecule has 0 bridgehead atoms. The number of carbonyl (C=O) groups is 1. The van der Waals surface area contributed by atoms with E-state index < -0.39 is 27.4 Å². The van der Waals surface area contributed by atoms with Crippen LogP contribution in [0.15, 0.2) is 0 Å². The van der Waals surface area contributed by atoms with Crippen LogP contribution in [0.1, 0.15) is 20.3 Å². The number of nitrogens with zero attached hydrogens (tertiary/aromatic N) is 1. The molecule has 0 aromatic rings. The molecule has 0 aliphatic carbocycles. The van der Waals surface area contributed by atoms with Crippen molar-refractivity contribution in [2.24, 2.45) is 5.92 Å². The normalized spacial score (nSPS) is 22.2. The van der Waals surface area contributed by atoms with Crippen molar-refractivity contribution in [3.05, 3.63) is 0 Å². The van der Waals surface area contributed by atoms with Gasteiger partial charge in [-0.2, -0.15) is 8.42 Å². The van der Waals surface area contributed by atoms with Crippen molar-refractivity contribution in [3.63, 3.8) is 0 Å². The third-order valence-corrected chi connectivity index (χ3v) is 3.54. The van der Waals surface area contributed by atoms with Gasteiger partial charge in [0.25, 0.3) is 0 Å². The van der Waals surface area contributed by atoms with Crippen LogP contribution in [0.3, 0.4) is 0 Å². The van der Waals surface area contributed by atoms with E-state index in [1.165, 1.54) is 4.90 Å². The van der Waals surface area contributed by atoms with Crippen molar-refractivity contribution < 1.29 is 17.1 Å². The van der Waals surface area contributed by atoms with Gasteiger partial charge in [0.15, 0.2) is 0 Å². The topological polar surface area (TPSA) is 54.5 Å². The van der Waals surface area contributed by atoms with Crippen molar-refractivity contribution in [3.8, 4) is 12.3 Å². The van der Waals surface area contributed by atoms with Gasteiger partial charge in [-0.05, 0) is 13.8 Å². The molecule has 4 nitrogen and oxygen atoms in total. The van der Waals surface area contributed by atoms with Gasteiger partial charge in [-0.15, -0.1) is 10.3 Å². The second-order valence-corrected chi connectivity index (χ2v) is 5.89. The molecule has 0 aromatic carbocycles. The lowest BCUT2D eigenvalue weighted by Crippen LogP contribution is -2.43. The van der Waals surface area contributed by atoms with E-state index >= 15 is 0 Å². The van der Waals surface area contributed by atoms with Gasteiger partial charge in [0.05, 0.1) is 11.3 Å². The summed E-state index contributed by atoms with van der Waals surface area (Å²) in [6, 6.07) is 0. The summed E-state index contributed by atoms with van der Waals surface area (Å²) in [5, 5.41) is 0. The summed E-state index contributed by atoms with van der Waals surface area (Å²) >= 11 is 0. The average Bonchev–Trinajstić information content (AvgIpc) is 2.44. The SMILES string of the molecule is C#CC(C)(C)N1CC(CS(=O)(=O)F)CC1=O. The van der Waals surface area contributed by atoms with E-state index in [9.17, 15) is 17.1 Å². The van der Waals surface area contributed by atoms with Crippen molar-refractivity contribution in [1.82, 2.24) is 4.90 Å². The van der Waals surface area contributed by atoms with E-state index in [4.69, 9.17) is 6.42 Å². The molecule has 1 heterocycles. The number of amides is 1. The molecule has 0 N–H and O–H groups in total. The Bertz CT molecular complexity index is 435. The molecule has 1 unspecified atom stereocenters. The molecule has 1 aliphatic rings. The monoisotopic (exact) mass is 247 g/mol. The number of likely N-dealkylation sites (tertiary alicyclic amines) is 1. The molecule has 1 atom stereocenters. The van der Waals surface area contributed by atoms with Crippen LogP contribution in [0.5, 0.6) is 0 Å². The van der Waals surface area contributed by atoms with Gasteiger partial charge in [-0.1, -0.05) is 5.92 Å². The van der Waals surface area contributed by atoms with Gasteiger partial charge in [0.1, 0.15) is 0 Å². The fourth-order valence-corrected chi connectivity index (χ4v) is 2.58. The summed E-state index contributed by atoms with van der Waals surface area (Å²) in [6.45, 7) is 3.58. The Hall–Kier alpha value is -1.09. The number of carbonyl (C=O) groups excluding carboxylic acids is 1. The van der Waals surface area contributed by atoms with E-state index in [1.54, 1.807) is 13.8 Å². The largest absolute Gasteiger partial charge is 0.326 e. The zero-order chi connectivity index (χ0) is 12.6. The number of hydrogen-bond acceptors (Lipinski definition) is 3. The molecular formula is C10H14FNO3S. The minimum absolute atomic E-state index is 0.0360. The van der Waals surface area contributed by atoms with Crippen LogP contribution in [0.2, 0.25) is 0 Å². The maximum atomic E-state index is 12.5. The van der Waals surface area contributed by atoms with E-state index in [1.807, 2.05) is 0 Å². The standard InChI is InChI=1S/C10H14FNO3S/c1-4-10(2,3)12-6-8(5-9(12)13)7-16(11,14)15/h1,8H,5-7H2,2-3H3. The predicted octanol–water partition coefficient (Wildman–Crippen LogP) is 0.546. The van der Waals surface area contributed by atoms with E-state index in [-0.39, 0.29) is 18.9 Å². The summed E-state index contributed by atoms with van der Waals surface area (Å²) in [5.41, 5.74) is -0.758. The summed E-state index contributed by atoms with van der Waals surface area (Å²) in [5.74, 6) is 1.11. The molecule has 0 saturated carbocycles. The van der Waals surface area contributed by atoms with Crippen LogP contribution >= 0.6 is 0 Å². The summed E-state index contributed by atoms with van der Waals surface area (Å²) in [7, 11) is -4.54. The first-order valence-electron chi connectivity index (χ1n) is 4.86. The third-order valence-electron chi connectivity index (χ3n) is 2.67. The van der Waals surface area contributed by atoms with E-state index in [0.717, 1.165) is 0 Å². The molecule has 0 aromatic heterocycles. The Kier molecular flexibility index (Phi) is 3.29. The quantitative estimate of drug-likeness (QED) is 0.540. The first-order chi connectivity index (χ1) is 7.15. The summed E-state index contributed by atoms with van der Waals surface area (Å²) in [6.07, 6.45) is 5.32. The molecule has 90 valence electrons. The molecule has 1 amide bonds. The molecule has 16 heavy (non-hydrogen) atoms. The Morgan fingerprint density at radius 1 is 1.62 bits per heavy atom. The zero-order valence-electron chi connectivity index (χ0n) is 9.23. The van der Waals surface area contributed by atoms with Crippen LogP contribution in [0.25, 0.3) is 0 Å². The Labute approximate surface area is 95.0 Å². The van der Waals surface area contributed by atoms with Crippen LogP contribution < -0.4 is 0 Å². The molecular weight excluding hydrogens is 233 g/mol. The highest BCUT2D eigenvalue weighted by Crippen LogP contribution is 2.26. The number of halogens is 1. The highest BCUT2D eigenvalue weighted by molar-refractivity contribution is 7.86. The minimum Gasteiger partial charge on any atom is -0.326 e. The molecule has 1 fully saturated rings. The second-order valence-electron chi connectivity index (χ2n) is 4.48. The second kappa shape index (κ2) is 4.06. The Morgan fingerprint density at radius 2 is 2.19 bits per heavy atom. The first kappa shape index (κ1) is 13.0. The van der Waals surface area contributed by atoms with E-state index in [0.29, 0.717) is 0 Å². The van der Waals surface area contributed by atoms with E-state index in [2.05, 4.69) is 5.92 Å². The van der Waals surface area contributed by atoms with Crippen LogP contribution in [-0.4, -0.2) is 37.1 Å². The average molecular weight is 247 g/mol. The highest BCUT2D eigenvalue weighted by atomic mass is 32.3. The fourth-order valence-electron chi connectivity index (χ4n) is 1.79. The van der Waals surface area contributed by atoms with Crippen molar-refractivity contribution >= 4 is 16.1 Å². The van der Waals surface area contributed by atoms with Gasteiger partial charge in [0.2, 0.25) is 5.91 Å². The molecule has 0 radical (unpaired) electrons. The fraction of sp³-hybridized carbons (Fsp3) is 0.700. The smallest absolute Gasteiger partial charge is 0.302 e. The Balaban J connectivity index is 2.77. The molecule has 1 saturated heterocycles. The highest BCUT2D eigenvalue weighted by Gasteiger charge is 2.39. The van der Waals surface area contributed by atoms with Gasteiger partial charge < -0.3 is 4.90 Å². The molecule has 0 spiro atoms. The van der Waals surface area contributed by atoms with Gasteiger partial charge in [0, 0.05) is 18.9 Å². The maximum Gasteiger partial charge on any atom is 0.302 e. The number of hydrogen-bond donors (Lipinski definition) is 0. The lowest BCUT2D eigenvalue weighted by atomic mass is 10.1. The van der Waals surface area contributed by atoms with Gasteiger partial charge >= 0.3 is 10.2 Å². The summed E-state index contributed by atoms with van der Waals surface area (Å²) < 4.78 is 33.4. The molecule has 6 heteroatoms. The third kappa shape index (κ3) is 2.95. The number of rotatable bonds is 3. The van der Waals surface area contributed by atoms with Crippen LogP contribution in [0, 0.1) is 18.3 Å². The lowest BCUT2D eigenvalue weighted by molar-refractivity contribution is -0.130. The molecule has 1 aliphatic heterocycles. The van der Waals surface area contributed by atoms with Gasteiger partial charge in [-0.3, -0.25) is 4.79 Å².